The molecule has 0 amide bonds. The highest BCUT2D eigenvalue weighted by atomic mass is 35.5. The SMILES string of the molecule is CCNC1CCN(c2ccc(Cl)cc2F)CC1C. The topological polar surface area (TPSA) is 15.3 Å². The number of halogens is 2. The maximum Gasteiger partial charge on any atom is 0.147 e. The molecule has 0 bridgehead atoms. The van der Waals surface area contributed by atoms with E-state index >= 15 is 0 Å². The minimum absolute atomic E-state index is 0.225. The van der Waals surface area contributed by atoms with Gasteiger partial charge in [0.2, 0.25) is 0 Å². The second-order valence-corrected chi connectivity index (χ2v) is 5.41. The lowest BCUT2D eigenvalue weighted by Gasteiger charge is -2.38. The number of nitrogens with one attached hydrogen (secondary N) is 1. The van der Waals surface area contributed by atoms with Gasteiger partial charge in [-0.2, -0.15) is 0 Å². The summed E-state index contributed by atoms with van der Waals surface area (Å²) < 4.78 is 13.9. The Balaban J connectivity index is 2.07. The molecule has 0 radical (unpaired) electrons. The van der Waals surface area contributed by atoms with Crippen LogP contribution in [0.4, 0.5) is 10.1 Å². The molecule has 1 aromatic rings. The summed E-state index contributed by atoms with van der Waals surface area (Å²) in [5, 5.41) is 3.94. The Kier molecular flexibility index (Phi) is 4.46. The molecule has 2 atom stereocenters. The first-order chi connectivity index (χ1) is 8.61. The van der Waals surface area contributed by atoms with E-state index in [4.69, 9.17) is 11.6 Å². The van der Waals surface area contributed by atoms with Crippen molar-refractivity contribution in [2.24, 2.45) is 5.92 Å². The predicted molar refractivity (Wildman–Crippen MR) is 74.9 cm³/mol. The molecule has 1 saturated heterocycles. The van der Waals surface area contributed by atoms with Gasteiger partial charge in [0.1, 0.15) is 5.82 Å². The van der Waals surface area contributed by atoms with Crippen molar-refractivity contribution in [1.82, 2.24) is 5.32 Å². The molecule has 1 aliphatic rings. The van der Waals surface area contributed by atoms with Crippen molar-refractivity contribution in [2.75, 3.05) is 24.5 Å². The minimum Gasteiger partial charge on any atom is -0.369 e. The van der Waals surface area contributed by atoms with E-state index in [9.17, 15) is 4.39 Å². The van der Waals surface area contributed by atoms with Gasteiger partial charge in [-0.1, -0.05) is 25.4 Å². The smallest absolute Gasteiger partial charge is 0.147 e. The van der Waals surface area contributed by atoms with Crippen LogP contribution in [0, 0.1) is 11.7 Å². The quantitative estimate of drug-likeness (QED) is 0.907. The maximum absolute atomic E-state index is 13.9. The fraction of sp³-hybridized carbons (Fsp3) is 0.571. The van der Waals surface area contributed by atoms with Crippen molar-refractivity contribution in [3.8, 4) is 0 Å². The van der Waals surface area contributed by atoms with E-state index in [-0.39, 0.29) is 5.82 Å². The van der Waals surface area contributed by atoms with Crippen LogP contribution in [0.2, 0.25) is 5.02 Å². The van der Waals surface area contributed by atoms with Crippen molar-refractivity contribution in [3.05, 3.63) is 29.0 Å². The average Bonchev–Trinajstić information content (AvgIpc) is 2.32. The molecule has 1 heterocycles. The summed E-state index contributed by atoms with van der Waals surface area (Å²) in [6, 6.07) is 5.46. The zero-order chi connectivity index (χ0) is 13.1. The lowest BCUT2D eigenvalue weighted by molar-refractivity contribution is 0.325. The molecule has 1 aromatic carbocycles. The minimum atomic E-state index is -0.225. The average molecular weight is 271 g/mol. The highest BCUT2D eigenvalue weighted by Gasteiger charge is 2.26. The Morgan fingerprint density at radius 1 is 1.50 bits per heavy atom. The number of piperidine rings is 1. The number of hydrogen-bond donors (Lipinski definition) is 1. The van der Waals surface area contributed by atoms with Gasteiger partial charge in [-0.15, -0.1) is 0 Å². The number of rotatable bonds is 3. The van der Waals surface area contributed by atoms with Crippen molar-refractivity contribution >= 4 is 17.3 Å². The van der Waals surface area contributed by atoms with E-state index in [1.807, 2.05) is 0 Å². The Hall–Kier alpha value is -0.800. The van der Waals surface area contributed by atoms with Gasteiger partial charge >= 0.3 is 0 Å². The van der Waals surface area contributed by atoms with Crippen LogP contribution in [-0.2, 0) is 0 Å². The van der Waals surface area contributed by atoms with Crippen LogP contribution in [0.1, 0.15) is 20.3 Å². The molecule has 100 valence electrons. The van der Waals surface area contributed by atoms with Crippen LogP contribution in [0.15, 0.2) is 18.2 Å². The zero-order valence-corrected chi connectivity index (χ0v) is 11.7. The van der Waals surface area contributed by atoms with Crippen molar-refractivity contribution < 1.29 is 4.39 Å². The van der Waals surface area contributed by atoms with Crippen LogP contribution in [0.25, 0.3) is 0 Å². The van der Waals surface area contributed by atoms with Crippen LogP contribution >= 0.6 is 11.6 Å². The molecule has 18 heavy (non-hydrogen) atoms. The third-order valence-corrected chi connectivity index (χ3v) is 3.86. The van der Waals surface area contributed by atoms with E-state index in [1.165, 1.54) is 6.07 Å². The second kappa shape index (κ2) is 5.89. The van der Waals surface area contributed by atoms with E-state index in [1.54, 1.807) is 12.1 Å². The second-order valence-electron chi connectivity index (χ2n) is 4.97. The number of hydrogen-bond acceptors (Lipinski definition) is 2. The summed E-state index contributed by atoms with van der Waals surface area (Å²) in [6.45, 7) is 7.10. The first-order valence-electron chi connectivity index (χ1n) is 6.55. The maximum atomic E-state index is 13.9. The molecule has 0 spiro atoms. The van der Waals surface area contributed by atoms with Crippen molar-refractivity contribution in [2.45, 2.75) is 26.3 Å². The van der Waals surface area contributed by atoms with E-state index in [0.717, 1.165) is 26.1 Å². The third kappa shape index (κ3) is 2.96. The number of anilines is 1. The highest BCUT2D eigenvalue weighted by Crippen LogP contribution is 2.27. The largest absolute Gasteiger partial charge is 0.369 e. The van der Waals surface area contributed by atoms with Crippen molar-refractivity contribution in [3.63, 3.8) is 0 Å². The van der Waals surface area contributed by atoms with E-state index in [0.29, 0.717) is 22.7 Å². The van der Waals surface area contributed by atoms with E-state index < -0.39 is 0 Å². The zero-order valence-electron chi connectivity index (χ0n) is 10.9. The fourth-order valence-electron chi connectivity index (χ4n) is 2.67. The Labute approximate surface area is 113 Å². The first-order valence-corrected chi connectivity index (χ1v) is 6.93. The fourth-order valence-corrected chi connectivity index (χ4v) is 2.83. The summed E-state index contributed by atoms with van der Waals surface area (Å²) >= 11 is 5.78. The van der Waals surface area contributed by atoms with E-state index in [2.05, 4.69) is 24.1 Å². The lowest BCUT2D eigenvalue weighted by atomic mass is 9.93. The van der Waals surface area contributed by atoms with Gasteiger partial charge < -0.3 is 10.2 Å². The summed E-state index contributed by atoms with van der Waals surface area (Å²) in [7, 11) is 0. The summed E-state index contributed by atoms with van der Waals surface area (Å²) in [6.07, 6.45) is 1.05. The van der Waals surface area contributed by atoms with Gasteiger partial charge in [-0.25, -0.2) is 4.39 Å². The normalized spacial score (nSPS) is 24.3. The molecule has 0 aromatic heterocycles. The summed E-state index contributed by atoms with van der Waals surface area (Å²) in [5.41, 5.74) is 0.668. The third-order valence-electron chi connectivity index (χ3n) is 3.62. The highest BCUT2D eigenvalue weighted by molar-refractivity contribution is 6.30. The Bertz CT molecular complexity index is 411. The molecule has 0 saturated carbocycles. The Morgan fingerprint density at radius 2 is 2.28 bits per heavy atom. The molecular weight excluding hydrogens is 251 g/mol. The predicted octanol–water partition coefficient (Wildman–Crippen LogP) is 3.30. The van der Waals surface area contributed by atoms with Gasteiger partial charge in [0.25, 0.3) is 0 Å². The van der Waals surface area contributed by atoms with Gasteiger partial charge in [0.05, 0.1) is 5.69 Å². The summed E-state index contributed by atoms with van der Waals surface area (Å²) in [5.74, 6) is 0.297. The molecule has 2 nitrogen and oxygen atoms in total. The number of nitrogens with zero attached hydrogens (tertiary/aromatic N) is 1. The van der Waals surface area contributed by atoms with Crippen LogP contribution in [-0.4, -0.2) is 25.7 Å². The number of benzene rings is 1. The molecule has 2 rings (SSSR count). The standard InChI is InChI=1S/C14H20ClFN2/c1-3-17-13-6-7-18(9-10(13)2)14-5-4-11(15)8-12(14)16/h4-5,8,10,13,17H,3,6-7,9H2,1-2H3. The van der Waals surface area contributed by atoms with Gasteiger partial charge in [-0.3, -0.25) is 0 Å². The van der Waals surface area contributed by atoms with Crippen LogP contribution in [0.5, 0.6) is 0 Å². The van der Waals surface area contributed by atoms with Crippen LogP contribution < -0.4 is 10.2 Å². The Morgan fingerprint density at radius 3 is 2.89 bits per heavy atom. The molecular formula is C14H20ClFN2. The van der Waals surface area contributed by atoms with Gasteiger partial charge in [0, 0.05) is 24.2 Å². The molecule has 4 heteroatoms. The lowest BCUT2D eigenvalue weighted by Crippen LogP contribution is -2.48. The van der Waals surface area contributed by atoms with Crippen molar-refractivity contribution in [1.29, 1.82) is 0 Å². The molecule has 1 N–H and O–H groups in total. The van der Waals surface area contributed by atoms with Crippen LogP contribution in [0.3, 0.4) is 0 Å². The van der Waals surface area contributed by atoms with Gasteiger partial charge in [0.15, 0.2) is 0 Å². The first kappa shape index (κ1) is 13.6. The molecule has 2 unspecified atom stereocenters. The molecule has 1 fully saturated rings. The van der Waals surface area contributed by atoms with Gasteiger partial charge in [-0.05, 0) is 37.1 Å². The molecule has 0 aliphatic carbocycles. The monoisotopic (exact) mass is 270 g/mol. The summed E-state index contributed by atoms with van der Waals surface area (Å²) in [4.78, 5) is 2.12. The molecule has 1 aliphatic heterocycles.